The standard InChI is InChI=1S/C14H14N2S/c1-11-9-17-10-14(11)8-16-7-13-4-2-12(6-15)3-5-13/h2-5,9-10,16H,7-8H2,1H3. The van der Waals surface area contributed by atoms with Gasteiger partial charge in [-0.25, -0.2) is 0 Å². The molecule has 3 heteroatoms. The Labute approximate surface area is 106 Å². The Kier molecular flexibility index (Phi) is 3.92. The SMILES string of the molecule is Cc1cscc1CNCc1ccc(C#N)cc1. The first-order valence-electron chi connectivity index (χ1n) is 5.51. The first-order chi connectivity index (χ1) is 8.29. The Morgan fingerprint density at radius 1 is 1.18 bits per heavy atom. The molecule has 1 aromatic heterocycles. The van der Waals surface area contributed by atoms with Crippen molar-refractivity contribution in [3.63, 3.8) is 0 Å². The van der Waals surface area contributed by atoms with Gasteiger partial charge in [0.05, 0.1) is 11.6 Å². The van der Waals surface area contributed by atoms with Crippen LogP contribution >= 0.6 is 11.3 Å². The van der Waals surface area contributed by atoms with E-state index >= 15 is 0 Å². The van der Waals surface area contributed by atoms with E-state index in [2.05, 4.69) is 29.1 Å². The number of hydrogen-bond acceptors (Lipinski definition) is 3. The molecular formula is C14H14N2S. The van der Waals surface area contributed by atoms with Crippen LogP contribution < -0.4 is 5.32 Å². The molecule has 0 radical (unpaired) electrons. The van der Waals surface area contributed by atoms with Gasteiger partial charge in [0, 0.05) is 13.1 Å². The summed E-state index contributed by atoms with van der Waals surface area (Å²) in [6.07, 6.45) is 0. The summed E-state index contributed by atoms with van der Waals surface area (Å²) in [6, 6.07) is 9.81. The predicted molar refractivity (Wildman–Crippen MR) is 70.8 cm³/mol. The molecule has 1 aromatic carbocycles. The molecule has 2 nitrogen and oxygen atoms in total. The van der Waals surface area contributed by atoms with Gasteiger partial charge >= 0.3 is 0 Å². The monoisotopic (exact) mass is 242 g/mol. The molecule has 0 bridgehead atoms. The van der Waals surface area contributed by atoms with Crippen molar-refractivity contribution < 1.29 is 0 Å². The van der Waals surface area contributed by atoms with Crippen LogP contribution in [0.2, 0.25) is 0 Å². The largest absolute Gasteiger partial charge is 0.309 e. The fourth-order valence-corrected chi connectivity index (χ4v) is 2.46. The first kappa shape index (κ1) is 11.8. The van der Waals surface area contributed by atoms with Crippen molar-refractivity contribution in [1.29, 1.82) is 5.26 Å². The Balaban J connectivity index is 1.86. The number of hydrogen-bond donors (Lipinski definition) is 1. The third-order valence-corrected chi connectivity index (χ3v) is 3.60. The average Bonchev–Trinajstić information content (AvgIpc) is 2.76. The van der Waals surface area contributed by atoms with Crippen LogP contribution in [0, 0.1) is 18.3 Å². The van der Waals surface area contributed by atoms with E-state index in [1.165, 1.54) is 16.7 Å². The number of nitrogens with zero attached hydrogens (tertiary/aromatic N) is 1. The summed E-state index contributed by atoms with van der Waals surface area (Å²) in [6.45, 7) is 3.87. The molecule has 0 atom stereocenters. The van der Waals surface area contributed by atoms with Crippen LogP contribution in [0.5, 0.6) is 0 Å². The lowest BCUT2D eigenvalue weighted by atomic mass is 10.1. The van der Waals surface area contributed by atoms with Gasteiger partial charge in [-0.2, -0.15) is 16.6 Å². The molecule has 1 heterocycles. The van der Waals surface area contributed by atoms with Gasteiger partial charge in [-0.3, -0.25) is 0 Å². The smallest absolute Gasteiger partial charge is 0.0991 e. The summed E-state index contributed by atoms with van der Waals surface area (Å²) in [4.78, 5) is 0. The van der Waals surface area contributed by atoms with Crippen LogP contribution in [-0.2, 0) is 13.1 Å². The molecule has 0 aliphatic carbocycles. The number of aryl methyl sites for hydroxylation is 1. The minimum atomic E-state index is 0.711. The lowest BCUT2D eigenvalue weighted by Crippen LogP contribution is -2.12. The second-order valence-electron chi connectivity index (χ2n) is 3.99. The molecule has 2 rings (SSSR count). The fourth-order valence-electron chi connectivity index (χ4n) is 1.61. The van der Waals surface area contributed by atoms with Crippen LogP contribution in [0.25, 0.3) is 0 Å². The van der Waals surface area contributed by atoms with Gasteiger partial charge in [0.1, 0.15) is 0 Å². The zero-order valence-corrected chi connectivity index (χ0v) is 10.6. The quantitative estimate of drug-likeness (QED) is 0.893. The minimum Gasteiger partial charge on any atom is -0.309 e. The van der Waals surface area contributed by atoms with E-state index in [0.717, 1.165) is 13.1 Å². The molecule has 0 aliphatic rings. The van der Waals surface area contributed by atoms with Gasteiger partial charge in [-0.05, 0) is 46.5 Å². The average molecular weight is 242 g/mol. The zero-order chi connectivity index (χ0) is 12.1. The van der Waals surface area contributed by atoms with E-state index in [-0.39, 0.29) is 0 Å². The maximum absolute atomic E-state index is 8.70. The summed E-state index contributed by atoms with van der Waals surface area (Å²) in [7, 11) is 0. The van der Waals surface area contributed by atoms with Gasteiger partial charge < -0.3 is 5.32 Å². The highest BCUT2D eigenvalue weighted by molar-refractivity contribution is 7.08. The minimum absolute atomic E-state index is 0.711. The van der Waals surface area contributed by atoms with Gasteiger partial charge in [0.25, 0.3) is 0 Å². The first-order valence-corrected chi connectivity index (χ1v) is 6.45. The maximum atomic E-state index is 8.70. The number of thiophene rings is 1. The molecule has 0 saturated carbocycles. The molecular weight excluding hydrogens is 228 g/mol. The zero-order valence-electron chi connectivity index (χ0n) is 9.73. The van der Waals surface area contributed by atoms with Crippen molar-refractivity contribution in [2.24, 2.45) is 0 Å². The Morgan fingerprint density at radius 2 is 1.94 bits per heavy atom. The molecule has 0 fully saturated rings. The highest BCUT2D eigenvalue weighted by Gasteiger charge is 1.99. The van der Waals surface area contributed by atoms with Crippen LogP contribution in [-0.4, -0.2) is 0 Å². The Bertz CT molecular complexity index is 520. The molecule has 0 aliphatic heterocycles. The van der Waals surface area contributed by atoms with Crippen LogP contribution in [0.3, 0.4) is 0 Å². The van der Waals surface area contributed by atoms with Crippen molar-refractivity contribution in [1.82, 2.24) is 5.32 Å². The van der Waals surface area contributed by atoms with Crippen molar-refractivity contribution in [2.75, 3.05) is 0 Å². The van der Waals surface area contributed by atoms with Crippen molar-refractivity contribution >= 4 is 11.3 Å². The van der Waals surface area contributed by atoms with Crippen LogP contribution in [0.15, 0.2) is 35.0 Å². The van der Waals surface area contributed by atoms with Crippen LogP contribution in [0.1, 0.15) is 22.3 Å². The molecule has 2 aromatic rings. The Morgan fingerprint density at radius 3 is 2.53 bits per heavy atom. The number of benzene rings is 1. The summed E-state index contributed by atoms with van der Waals surface area (Å²) in [5, 5.41) is 16.4. The normalized spacial score (nSPS) is 10.1. The van der Waals surface area contributed by atoms with E-state index < -0.39 is 0 Å². The second-order valence-corrected chi connectivity index (χ2v) is 4.74. The van der Waals surface area contributed by atoms with Crippen molar-refractivity contribution in [2.45, 2.75) is 20.0 Å². The topological polar surface area (TPSA) is 35.8 Å². The molecule has 1 N–H and O–H groups in total. The predicted octanol–water partition coefficient (Wildman–Crippen LogP) is 3.22. The second kappa shape index (κ2) is 5.62. The number of rotatable bonds is 4. The van der Waals surface area contributed by atoms with Gasteiger partial charge in [0.2, 0.25) is 0 Å². The van der Waals surface area contributed by atoms with Gasteiger partial charge in [-0.15, -0.1) is 0 Å². The summed E-state index contributed by atoms with van der Waals surface area (Å²) in [5.41, 5.74) is 4.63. The molecule has 0 unspecified atom stereocenters. The van der Waals surface area contributed by atoms with Crippen LogP contribution in [0.4, 0.5) is 0 Å². The van der Waals surface area contributed by atoms with E-state index in [9.17, 15) is 0 Å². The molecule has 0 spiro atoms. The summed E-state index contributed by atoms with van der Waals surface area (Å²) >= 11 is 1.74. The van der Waals surface area contributed by atoms with Crippen molar-refractivity contribution in [3.8, 4) is 6.07 Å². The third-order valence-electron chi connectivity index (χ3n) is 2.69. The number of nitriles is 1. The maximum Gasteiger partial charge on any atom is 0.0991 e. The number of nitrogens with one attached hydrogen (secondary N) is 1. The van der Waals surface area contributed by atoms with E-state index in [1.54, 1.807) is 11.3 Å². The molecule has 0 amide bonds. The Hall–Kier alpha value is -1.63. The fraction of sp³-hybridized carbons (Fsp3) is 0.214. The molecule has 17 heavy (non-hydrogen) atoms. The van der Waals surface area contributed by atoms with E-state index in [1.807, 2.05) is 24.3 Å². The van der Waals surface area contributed by atoms with Crippen molar-refractivity contribution in [3.05, 3.63) is 57.3 Å². The third kappa shape index (κ3) is 3.16. The van der Waals surface area contributed by atoms with Gasteiger partial charge in [0.15, 0.2) is 0 Å². The summed E-state index contributed by atoms with van der Waals surface area (Å²) in [5.74, 6) is 0. The lowest BCUT2D eigenvalue weighted by molar-refractivity contribution is 0.692. The van der Waals surface area contributed by atoms with E-state index in [0.29, 0.717) is 5.56 Å². The lowest BCUT2D eigenvalue weighted by Gasteiger charge is -2.04. The highest BCUT2D eigenvalue weighted by atomic mass is 32.1. The molecule has 0 saturated heterocycles. The highest BCUT2D eigenvalue weighted by Crippen LogP contribution is 2.13. The van der Waals surface area contributed by atoms with E-state index in [4.69, 9.17) is 5.26 Å². The molecule has 86 valence electrons. The summed E-state index contributed by atoms with van der Waals surface area (Å²) < 4.78 is 0. The van der Waals surface area contributed by atoms with Gasteiger partial charge in [-0.1, -0.05) is 12.1 Å².